The van der Waals surface area contributed by atoms with E-state index in [0.717, 1.165) is 24.2 Å². The molecule has 2 aromatic rings. The van der Waals surface area contributed by atoms with Crippen molar-refractivity contribution in [1.82, 2.24) is 0 Å². The van der Waals surface area contributed by atoms with Gasteiger partial charge in [0.2, 0.25) is 5.91 Å². The van der Waals surface area contributed by atoms with E-state index in [2.05, 4.69) is 5.32 Å². The zero-order valence-corrected chi connectivity index (χ0v) is 13.8. The molecule has 0 bridgehead atoms. The minimum absolute atomic E-state index is 0.0927. The van der Waals surface area contributed by atoms with Crippen LogP contribution in [0.15, 0.2) is 36.4 Å². The first-order valence-corrected chi connectivity index (χ1v) is 7.69. The maximum Gasteiger partial charge on any atom is 0.224 e. The van der Waals surface area contributed by atoms with E-state index in [4.69, 9.17) is 4.74 Å². The van der Waals surface area contributed by atoms with Crippen molar-refractivity contribution < 1.29 is 13.9 Å². The summed E-state index contributed by atoms with van der Waals surface area (Å²) in [7, 11) is 1.65. The number of halogens is 1. The average molecular weight is 315 g/mol. The molecule has 0 aliphatic heterocycles. The summed E-state index contributed by atoms with van der Waals surface area (Å²) in [6.45, 7) is 3.69. The molecule has 4 heteroatoms. The van der Waals surface area contributed by atoms with Gasteiger partial charge in [0.25, 0.3) is 0 Å². The molecule has 0 atom stereocenters. The zero-order valence-electron chi connectivity index (χ0n) is 13.8. The highest BCUT2D eigenvalue weighted by Gasteiger charge is 2.08. The molecular formula is C19H22FNO2. The van der Waals surface area contributed by atoms with E-state index in [-0.39, 0.29) is 11.7 Å². The Morgan fingerprint density at radius 1 is 1.22 bits per heavy atom. The summed E-state index contributed by atoms with van der Waals surface area (Å²) in [5, 5.41) is 2.77. The van der Waals surface area contributed by atoms with Gasteiger partial charge in [-0.1, -0.05) is 12.1 Å². The highest BCUT2D eigenvalue weighted by molar-refractivity contribution is 5.91. The van der Waals surface area contributed by atoms with Crippen molar-refractivity contribution in [2.45, 2.75) is 33.1 Å². The molecule has 0 aromatic heterocycles. The lowest BCUT2D eigenvalue weighted by atomic mass is 10.0. The lowest BCUT2D eigenvalue weighted by molar-refractivity contribution is -0.116. The molecule has 3 nitrogen and oxygen atoms in total. The predicted molar refractivity (Wildman–Crippen MR) is 90.4 cm³/mol. The van der Waals surface area contributed by atoms with Gasteiger partial charge in [-0.3, -0.25) is 4.79 Å². The van der Waals surface area contributed by atoms with Crippen LogP contribution in [0.25, 0.3) is 0 Å². The standard InChI is InChI=1S/C19H22FNO2/c1-13-12-16(23-3)11-10-15(13)6-4-9-19(22)21-18-8-5-7-17(20)14(18)2/h5,7-8,10-12H,4,6,9H2,1-3H3,(H,21,22). The number of carbonyl (C=O) groups excluding carboxylic acids is 1. The Labute approximate surface area is 136 Å². The van der Waals surface area contributed by atoms with Gasteiger partial charge in [0, 0.05) is 17.7 Å². The topological polar surface area (TPSA) is 38.3 Å². The third-order valence-corrected chi connectivity index (χ3v) is 3.94. The van der Waals surface area contributed by atoms with Gasteiger partial charge >= 0.3 is 0 Å². The molecule has 0 spiro atoms. The third-order valence-electron chi connectivity index (χ3n) is 3.94. The monoisotopic (exact) mass is 315 g/mol. The number of anilines is 1. The van der Waals surface area contributed by atoms with Crippen molar-refractivity contribution in [2.75, 3.05) is 12.4 Å². The molecule has 23 heavy (non-hydrogen) atoms. The van der Waals surface area contributed by atoms with Gasteiger partial charge in [0.05, 0.1) is 7.11 Å². The van der Waals surface area contributed by atoms with E-state index in [1.165, 1.54) is 11.6 Å². The predicted octanol–water partition coefficient (Wildman–Crippen LogP) is 4.41. The van der Waals surface area contributed by atoms with Crippen molar-refractivity contribution in [2.24, 2.45) is 0 Å². The fourth-order valence-electron chi connectivity index (χ4n) is 2.47. The Morgan fingerprint density at radius 3 is 2.70 bits per heavy atom. The van der Waals surface area contributed by atoms with Gasteiger partial charge in [-0.25, -0.2) is 4.39 Å². The molecule has 0 unspecified atom stereocenters. The first-order chi connectivity index (χ1) is 11.0. The van der Waals surface area contributed by atoms with Gasteiger partial charge in [-0.15, -0.1) is 0 Å². The number of aryl methyl sites for hydroxylation is 2. The SMILES string of the molecule is COc1ccc(CCCC(=O)Nc2cccc(F)c2C)c(C)c1. The lowest BCUT2D eigenvalue weighted by Crippen LogP contribution is -2.13. The molecule has 0 radical (unpaired) electrons. The summed E-state index contributed by atoms with van der Waals surface area (Å²) in [5.41, 5.74) is 3.37. The van der Waals surface area contributed by atoms with Crippen molar-refractivity contribution >= 4 is 11.6 Å². The zero-order chi connectivity index (χ0) is 16.8. The Bertz CT molecular complexity index is 698. The number of hydrogen-bond acceptors (Lipinski definition) is 2. The smallest absolute Gasteiger partial charge is 0.224 e. The number of ether oxygens (including phenoxy) is 1. The van der Waals surface area contributed by atoms with Gasteiger partial charge in [0.15, 0.2) is 0 Å². The molecule has 2 rings (SSSR count). The van der Waals surface area contributed by atoms with Crippen molar-refractivity contribution in [3.8, 4) is 5.75 Å². The number of nitrogens with one attached hydrogen (secondary N) is 1. The van der Waals surface area contributed by atoms with Gasteiger partial charge in [-0.2, -0.15) is 0 Å². The van der Waals surface area contributed by atoms with Crippen LogP contribution in [0, 0.1) is 19.7 Å². The van der Waals surface area contributed by atoms with Crippen LogP contribution in [0.4, 0.5) is 10.1 Å². The van der Waals surface area contributed by atoms with Crippen LogP contribution < -0.4 is 10.1 Å². The fourth-order valence-corrected chi connectivity index (χ4v) is 2.47. The van der Waals surface area contributed by atoms with Crippen molar-refractivity contribution in [1.29, 1.82) is 0 Å². The van der Waals surface area contributed by atoms with Gasteiger partial charge in [0.1, 0.15) is 11.6 Å². The first kappa shape index (κ1) is 17.0. The average Bonchev–Trinajstić information content (AvgIpc) is 2.53. The van der Waals surface area contributed by atoms with E-state index in [9.17, 15) is 9.18 Å². The van der Waals surface area contributed by atoms with E-state index < -0.39 is 0 Å². The summed E-state index contributed by atoms with van der Waals surface area (Å²) in [4.78, 5) is 12.0. The molecule has 0 aliphatic carbocycles. The highest BCUT2D eigenvalue weighted by Crippen LogP contribution is 2.20. The van der Waals surface area contributed by atoms with E-state index in [0.29, 0.717) is 17.7 Å². The Morgan fingerprint density at radius 2 is 2.00 bits per heavy atom. The largest absolute Gasteiger partial charge is 0.497 e. The quantitative estimate of drug-likeness (QED) is 0.857. The Kier molecular flexibility index (Phi) is 5.74. The van der Waals surface area contributed by atoms with Crippen LogP contribution in [-0.2, 0) is 11.2 Å². The molecule has 1 amide bonds. The van der Waals surface area contributed by atoms with Crippen LogP contribution in [-0.4, -0.2) is 13.0 Å². The molecule has 1 N–H and O–H groups in total. The van der Waals surface area contributed by atoms with Crippen LogP contribution in [0.1, 0.15) is 29.5 Å². The van der Waals surface area contributed by atoms with E-state index >= 15 is 0 Å². The summed E-state index contributed by atoms with van der Waals surface area (Å²) >= 11 is 0. The number of methoxy groups -OCH3 is 1. The normalized spacial score (nSPS) is 10.4. The molecule has 0 saturated heterocycles. The van der Waals surface area contributed by atoms with E-state index in [1.807, 2.05) is 25.1 Å². The maximum atomic E-state index is 13.4. The minimum atomic E-state index is -0.309. The summed E-state index contributed by atoms with van der Waals surface area (Å²) in [6, 6.07) is 10.6. The Balaban J connectivity index is 1.86. The van der Waals surface area contributed by atoms with Crippen LogP contribution >= 0.6 is 0 Å². The molecule has 0 aliphatic rings. The molecule has 0 fully saturated rings. The molecule has 0 saturated carbocycles. The van der Waals surface area contributed by atoms with Crippen molar-refractivity contribution in [3.05, 3.63) is 58.9 Å². The number of hydrogen-bond donors (Lipinski definition) is 1. The highest BCUT2D eigenvalue weighted by atomic mass is 19.1. The lowest BCUT2D eigenvalue weighted by Gasteiger charge is -2.10. The molecule has 0 heterocycles. The third kappa shape index (κ3) is 4.55. The van der Waals surface area contributed by atoms with Crippen molar-refractivity contribution in [3.63, 3.8) is 0 Å². The first-order valence-electron chi connectivity index (χ1n) is 7.69. The van der Waals surface area contributed by atoms with Gasteiger partial charge < -0.3 is 10.1 Å². The van der Waals surface area contributed by atoms with Crippen LogP contribution in [0.3, 0.4) is 0 Å². The molecule has 2 aromatic carbocycles. The number of carbonyl (C=O) groups is 1. The van der Waals surface area contributed by atoms with E-state index in [1.54, 1.807) is 26.2 Å². The minimum Gasteiger partial charge on any atom is -0.497 e. The van der Waals surface area contributed by atoms with Crippen LogP contribution in [0.2, 0.25) is 0 Å². The maximum absolute atomic E-state index is 13.4. The van der Waals surface area contributed by atoms with Crippen LogP contribution in [0.5, 0.6) is 5.75 Å². The number of benzene rings is 2. The molecular weight excluding hydrogens is 293 g/mol. The second kappa shape index (κ2) is 7.77. The Hall–Kier alpha value is -2.36. The molecule has 122 valence electrons. The second-order valence-electron chi connectivity index (χ2n) is 5.61. The second-order valence-corrected chi connectivity index (χ2v) is 5.61. The summed E-state index contributed by atoms with van der Waals surface area (Å²) in [5.74, 6) is 0.437. The fraction of sp³-hybridized carbons (Fsp3) is 0.316. The van der Waals surface area contributed by atoms with Gasteiger partial charge in [-0.05, 0) is 62.1 Å². The summed E-state index contributed by atoms with van der Waals surface area (Å²) < 4.78 is 18.6. The summed E-state index contributed by atoms with van der Waals surface area (Å²) in [6.07, 6.45) is 1.97. The number of rotatable bonds is 6. The number of amides is 1.